The molecule has 0 bridgehead atoms. The van der Waals surface area contributed by atoms with Gasteiger partial charge in [0.1, 0.15) is 5.75 Å². The number of aromatic nitrogens is 1. The van der Waals surface area contributed by atoms with E-state index in [1.165, 1.54) is 0 Å². The fraction of sp³-hybridized carbons (Fsp3) is 0.368. The molecule has 1 heterocycles. The van der Waals surface area contributed by atoms with Crippen LogP contribution in [0.15, 0.2) is 46.3 Å². The van der Waals surface area contributed by atoms with E-state index in [-0.39, 0.29) is 39.7 Å². The number of anilines is 1. The summed E-state index contributed by atoms with van der Waals surface area (Å²) in [7, 11) is -4.14. The van der Waals surface area contributed by atoms with Crippen LogP contribution in [-0.2, 0) is 9.84 Å². The van der Waals surface area contributed by atoms with Gasteiger partial charge in [-0.25, -0.2) is 13.4 Å². The van der Waals surface area contributed by atoms with E-state index >= 15 is 0 Å². The van der Waals surface area contributed by atoms with Gasteiger partial charge in [0, 0.05) is 18.2 Å². The predicted molar refractivity (Wildman–Crippen MR) is 103 cm³/mol. The number of aliphatic hydroxyl groups is 1. The second-order valence-corrected chi connectivity index (χ2v) is 9.28. The van der Waals surface area contributed by atoms with Gasteiger partial charge in [0.15, 0.2) is 5.69 Å². The number of pyridine rings is 1. The lowest BCUT2D eigenvalue weighted by Gasteiger charge is -2.40. The summed E-state index contributed by atoms with van der Waals surface area (Å²) in [5.74, 6) is -1.17. The number of ether oxygens (including phenoxy) is 1. The zero-order valence-electron chi connectivity index (χ0n) is 16.1. The molecule has 0 atom stereocenters. The van der Waals surface area contributed by atoms with Crippen LogP contribution in [-0.4, -0.2) is 43.9 Å². The Morgan fingerprint density at radius 2 is 1.87 bits per heavy atom. The Kier molecular flexibility index (Phi) is 6.14. The summed E-state index contributed by atoms with van der Waals surface area (Å²) < 4.78 is 65.9. The average Bonchev–Trinajstić information content (AvgIpc) is 2.66. The molecule has 3 rings (SSSR count). The van der Waals surface area contributed by atoms with Crippen molar-refractivity contribution in [2.75, 3.05) is 18.9 Å². The molecule has 4 N–H and O–H groups in total. The summed E-state index contributed by atoms with van der Waals surface area (Å²) in [5, 5.41) is 12.1. The van der Waals surface area contributed by atoms with Crippen LogP contribution in [0.2, 0.25) is 0 Å². The maximum atomic E-state index is 12.7. The topological polar surface area (TPSA) is 132 Å². The van der Waals surface area contributed by atoms with Crippen LogP contribution in [0.4, 0.5) is 18.9 Å². The quantitative estimate of drug-likeness (QED) is 0.579. The molecule has 0 unspecified atom stereocenters. The molecule has 168 valence electrons. The Morgan fingerprint density at radius 3 is 2.35 bits per heavy atom. The smallest absolute Gasteiger partial charge is 0.406 e. The van der Waals surface area contributed by atoms with Crippen LogP contribution >= 0.6 is 0 Å². The number of hydrogen-bond donors (Lipinski definition) is 3. The molecule has 31 heavy (non-hydrogen) atoms. The largest absolute Gasteiger partial charge is 0.573 e. The monoisotopic (exact) mass is 459 g/mol. The number of sulfone groups is 1. The third kappa shape index (κ3) is 5.07. The van der Waals surface area contributed by atoms with Crippen LogP contribution in [0.25, 0.3) is 0 Å². The van der Waals surface area contributed by atoms with Crippen molar-refractivity contribution in [1.82, 2.24) is 10.3 Å². The van der Waals surface area contributed by atoms with Crippen molar-refractivity contribution >= 4 is 21.4 Å². The summed E-state index contributed by atoms with van der Waals surface area (Å²) >= 11 is 0. The molecule has 1 fully saturated rings. The SMILES string of the molecule is Nc1cc(S(=O)(=O)c2ccc(OC(F)(F)F)cc2)cnc1C(=O)NCC1(CO)CCC1. The molecule has 12 heteroatoms. The van der Waals surface area contributed by atoms with Gasteiger partial charge in [-0.15, -0.1) is 13.2 Å². The van der Waals surface area contributed by atoms with E-state index in [0.29, 0.717) is 0 Å². The Balaban J connectivity index is 1.75. The normalized spacial score (nSPS) is 15.7. The van der Waals surface area contributed by atoms with Gasteiger partial charge >= 0.3 is 6.36 Å². The molecule has 0 aliphatic heterocycles. The number of nitrogens with two attached hydrogens (primary N) is 1. The number of nitrogens with one attached hydrogen (secondary N) is 1. The molecule has 1 aliphatic rings. The van der Waals surface area contributed by atoms with Crippen molar-refractivity contribution in [3.63, 3.8) is 0 Å². The van der Waals surface area contributed by atoms with E-state index in [4.69, 9.17) is 5.73 Å². The van der Waals surface area contributed by atoms with E-state index in [1.54, 1.807) is 0 Å². The number of aliphatic hydroxyl groups excluding tert-OH is 1. The summed E-state index contributed by atoms with van der Waals surface area (Å²) in [6.45, 7) is 0.190. The zero-order valence-corrected chi connectivity index (χ0v) is 17.0. The minimum atomic E-state index is -4.90. The van der Waals surface area contributed by atoms with Crippen molar-refractivity contribution in [2.24, 2.45) is 5.41 Å². The second kappa shape index (κ2) is 8.35. The fourth-order valence-corrected chi connectivity index (χ4v) is 4.41. The Bertz CT molecular complexity index is 1060. The first-order valence-corrected chi connectivity index (χ1v) is 10.7. The van der Waals surface area contributed by atoms with Gasteiger partial charge in [0.05, 0.1) is 22.1 Å². The Labute approximate surface area is 176 Å². The number of hydrogen-bond acceptors (Lipinski definition) is 7. The van der Waals surface area contributed by atoms with E-state index in [1.807, 2.05) is 0 Å². The zero-order chi connectivity index (χ0) is 22.9. The third-order valence-electron chi connectivity index (χ3n) is 5.16. The first kappa shape index (κ1) is 22.8. The maximum Gasteiger partial charge on any atom is 0.573 e. The summed E-state index contributed by atoms with van der Waals surface area (Å²) in [4.78, 5) is 15.6. The highest BCUT2D eigenvalue weighted by Gasteiger charge is 2.37. The molecule has 1 aromatic heterocycles. The highest BCUT2D eigenvalue weighted by atomic mass is 32.2. The van der Waals surface area contributed by atoms with Crippen molar-refractivity contribution in [1.29, 1.82) is 0 Å². The predicted octanol–water partition coefficient (Wildman–Crippen LogP) is 2.29. The van der Waals surface area contributed by atoms with Crippen molar-refractivity contribution < 1.29 is 36.2 Å². The number of amides is 1. The van der Waals surface area contributed by atoms with Crippen molar-refractivity contribution in [3.8, 4) is 5.75 Å². The molecule has 0 saturated heterocycles. The number of carbonyl (C=O) groups excluding carboxylic acids is 1. The molecule has 1 aromatic carbocycles. The lowest BCUT2D eigenvalue weighted by atomic mass is 9.69. The van der Waals surface area contributed by atoms with Gasteiger partial charge in [-0.2, -0.15) is 0 Å². The summed E-state index contributed by atoms with van der Waals surface area (Å²) in [6, 6.07) is 4.72. The van der Waals surface area contributed by atoms with Gasteiger partial charge in [0.25, 0.3) is 5.91 Å². The van der Waals surface area contributed by atoms with Crippen molar-refractivity contribution in [2.45, 2.75) is 35.4 Å². The maximum absolute atomic E-state index is 12.7. The fourth-order valence-electron chi connectivity index (χ4n) is 3.17. The highest BCUT2D eigenvalue weighted by molar-refractivity contribution is 7.91. The van der Waals surface area contributed by atoms with Crippen molar-refractivity contribution in [3.05, 3.63) is 42.2 Å². The lowest BCUT2D eigenvalue weighted by Crippen LogP contribution is -2.44. The van der Waals surface area contributed by atoms with Gasteiger partial charge in [0.2, 0.25) is 9.84 Å². The van der Waals surface area contributed by atoms with E-state index < -0.39 is 27.9 Å². The number of carbonyl (C=O) groups is 1. The van der Waals surface area contributed by atoms with Crippen LogP contribution in [0.1, 0.15) is 29.8 Å². The van der Waals surface area contributed by atoms with Gasteiger partial charge < -0.3 is 20.9 Å². The molecule has 1 saturated carbocycles. The Hall–Kier alpha value is -2.86. The molecular weight excluding hydrogens is 439 g/mol. The van der Waals surface area contributed by atoms with Crippen LogP contribution in [0.3, 0.4) is 0 Å². The first-order valence-electron chi connectivity index (χ1n) is 9.21. The first-order chi connectivity index (χ1) is 14.5. The molecule has 1 aliphatic carbocycles. The van der Waals surface area contributed by atoms with Crippen LogP contribution < -0.4 is 15.8 Å². The van der Waals surface area contributed by atoms with Crippen LogP contribution in [0.5, 0.6) is 5.75 Å². The molecule has 0 spiro atoms. The van der Waals surface area contributed by atoms with E-state index in [0.717, 1.165) is 55.8 Å². The molecule has 1 amide bonds. The number of benzene rings is 1. The van der Waals surface area contributed by atoms with E-state index in [2.05, 4.69) is 15.0 Å². The van der Waals surface area contributed by atoms with Gasteiger partial charge in [-0.05, 0) is 43.2 Å². The minimum absolute atomic E-state index is 0.0554. The average molecular weight is 459 g/mol. The number of alkyl halides is 3. The van der Waals surface area contributed by atoms with E-state index in [9.17, 15) is 31.5 Å². The molecule has 8 nitrogen and oxygen atoms in total. The Morgan fingerprint density at radius 1 is 1.23 bits per heavy atom. The summed E-state index contributed by atoms with van der Waals surface area (Å²) in [6.07, 6.45) is -1.41. The lowest BCUT2D eigenvalue weighted by molar-refractivity contribution is -0.274. The van der Waals surface area contributed by atoms with Crippen LogP contribution in [0, 0.1) is 5.41 Å². The summed E-state index contributed by atoms with van der Waals surface area (Å²) in [5.41, 5.74) is 5.13. The molecule has 2 aromatic rings. The molecule has 0 radical (unpaired) electrons. The molecular formula is C19H20F3N3O5S. The number of rotatable bonds is 7. The highest BCUT2D eigenvalue weighted by Crippen LogP contribution is 2.39. The number of nitrogen functional groups attached to an aromatic ring is 1. The second-order valence-electron chi connectivity index (χ2n) is 7.33. The number of halogens is 3. The third-order valence-corrected chi connectivity index (χ3v) is 6.90. The van der Waals surface area contributed by atoms with Gasteiger partial charge in [-0.1, -0.05) is 6.42 Å². The number of nitrogens with zero attached hydrogens (tertiary/aromatic N) is 1. The standard InChI is InChI=1S/C19H20F3N3O5S/c20-19(21,22)30-12-2-4-13(5-3-12)31(28,29)14-8-15(23)16(24-9-14)17(27)25-10-18(11-26)6-1-7-18/h2-5,8-9,26H,1,6-7,10-11,23H2,(H,25,27). The minimum Gasteiger partial charge on any atom is -0.406 e. The van der Waals surface area contributed by atoms with Gasteiger partial charge in [-0.3, -0.25) is 4.79 Å².